The SMILES string of the molecule is CNc1cc(C(F)(F)F)cc(NCCCOCCOC)n1. The second-order valence-electron chi connectivity index (χ2n) is 4.26. The van der Waals surface area contributed by atoms with E-state index < -0.39 is 11.7 Å². The number of halogens is 3. The zero-order chi connectivity index (χ0) is 15.7. The van der Waals surface area contributed by atoms with Crippen LogP contribution in [0.25, 0.3) is 0 Å². The maximum atomic E-state index is 12.7. The highest BCUT2D eigenvalue weighted by Crippen LogP contribution is 2.31. The summed E-state index contributed by atoms with van der Waals surface area (Å²) in [6, 6.07) is 1.96. The molecule has 0 aromatic carbocycles. The molecule has 120 valence electrons. The number of pyridine rings is 1. The Morgan fingerprint density at radius 3 is 2.48 bits per heavy atom. The summed E-state index contributed by atoms with van der Waals surface area (Å²) in [5.74, 6) is 0.356. The fraction of sp³-hybridized carbons (Fsp3) is 0.615. The zero-order valence-electron chi connectivity index (χ0n) is 12.1. The largest absolute Gasteiger partial charge is 0.416 e. The number of nitrogens with zero attached hydrogens (tertiary/aromatic N) is 1. The first-order valence-electron chi connectivity index (χ1n) is 6.55. The lowest BCUT2D eigenvalue weighted by atomic mass is 10.2. The lowest BCUT2D eigenvalue weighted by Crippen LogP contribution is -2.12. The summed E-state index contributed by atoms with van der Waals surface area (Å²) in [4.78, 5) is 4.03. The van der Waals surface area contributed by atoms with Gasteiger partial charge >= 0.3 is 6.18 Å². The summed E-state index contributed by atoms with van der Waals surface area (Å²) in [6.07, 6.45) is -3.73. The summed E-state index contributed by atoms with van der Waals surface area (Å²) in [7, 11) is 3.11. The van der Waals surface area contributed by atoms with Crippen molar-refractivity contribution in [3.8, 4) is 0 Å². The Morgan fingerprint density at radius 1 is 1.14 bits per heavy atom. The van der Waals surface area contributed by atoms with Crippen LogP contribution in [0.5, 0.6) is 0 Å². The molecule has 2 N–H and O–H groups in total. The molecular formula is C13H20F3N3O2. The van der Waals surface area contributed by atoms with E-state index in [4.69, 9.17) is 9.47 Å². The van der Waals surface area contributed by atoms with Gasteiger partial charge in [-0.1, -0.05) is 0 Å². The lowest BCUT2D eigenvalue weighted by molar-refractivity contribution is -0.137. The van der Waals surface area contributed by atoms with Crippen molar-refractivity contribution < 1.29 is 22.6 Å². The summed E-state index contributed by atoms with van der Waals surface area (Å²) in [5.41, 5.74) is -0.735. The highest BCUT2D eigenvalue weighted by molar-refractivity contribution is 5.49. The molecule has 0 unspecified atom stereocenters. The minimum absolute atomic E-state index is 0.170. The van der Waals surface area contributed by atoms with Crippen LogP contribution >= 0.6 is 0 Å². The molecule has 0 saturated heterocycles. The normalized spacial score (nSPS) is 11.5. The summed E-state index contributed by atoms with van der Waals surface area (Å²) >= 11 is 0. The van der Waals surface area contributed by atoms with Crippen LogP contribution in [0, 0.1) is 0 Å². The molecule has 1 heterocycles. The van der Waals surface area contributed by atoms with Gasteiger partial charge in [0, 0.05) is 27.3 Å². The topological polar surface area (TPSA) is 55.4 Å². The monoisotopic (exact) mass is 307 g/mol. The van der Waals surface area contributed by atoms with E-state index in [1.807, 2.05) is 0 Å². The Balaban J connectivity index is 2.47. The van der Waals surface area contributed by atoms with Crippen molar-refractivity contribution in [2.24, 2.45) is 0 Å². The minimum Gasteiger partial charge on any atom is -0.382 e. The van der Waals surface area contributed by atoms with Gasteiger partial charge in [0.2, 0.25) is 0 Å². The van der Waals surface area contributed by atoms with Crippen molar-refractivity contribution >= 4 is 11.6 Å². The molecule has 0 atom stereocenters. The Kier molecular flexibility index (Phi) is 7.24. The highest BCUT2D eigenvalue weighted by atomic mass is 19.4. The first kappa shape index (κ1) is 17.5. The molecule has 1 aromatic rings. The predicted molar refractivity (Wildman–Crippen MR) is 74.6 cm³/mol. The molecule has 0 bridgehead atoms. The van der Waals surface area contributed by atoms with Crippen LogP contribution in [0.2, 0.25) is 0 Å². The van der Waals surface area contributed by atoms with Crippen LogP contribution in [0.15, 0.2) is 12.1 Å². The van der Waals surface area contributed by atoms with Gasteiger partial charge in [-0.3, -0.25) is 0 Å². The van der Waals surface area contributed by atoms with Crippen LogP contribution in [-0.2, 0) is 15.7 Å². The molecule has 0 amide bonds. The Bertz CT molecular complexity index is 428. The third-order valence-electron chi connectivity index (χ3n) is 2.61. The summed E-state index contributed by atoms with van der Waals surface area (Å²) in [6.45, 7) is 2.01. The fourth-order valence-corrected chi connectivity index (χ4v) is 1.55. The fourth-order valence-electron chi connectivity index (χ4n) is 1.55. The molecule has 0 radical (unpaired) electrons. The van der Waals surface area contributed by atoms with Gasteiger partial charge in [0.25, 0.3) is 0 Å². The first-order chi connectivity index (χ1) is 9.97. The predicted octanol–water partition coefficient (Wildman–Crippen LogP) is 2.61. The van der Waals surface area contributed by atoms with E-state index in [2.05, 4.69) is 15.6 Å². The van der Waals surface area contributed by atoms with Gasteiger partial charge in [-0.15, -0.1) is 0 Å². The van der Waals surface area contributed by atoms with Gasteiger partial charge in [0.05, 0.1) is 18.8 Å². The van der Waals surface area contributed by atoms with Gasteiger partial charge < -0.3 is 20.1 Å². The van der Waals surface area contributed by atoms with Crippen molar-refractivity contribution in [2.75, 3.05) is 51.2 Å². The molecule has 1 aromatic heterocycles. The number of methoxy groups -OCH3 is 1. The third kappa shape index (κ3) is 6.63. The second-order valence-corrected chi connectivity index (χ2v) is 4.26. The summed E-state index contributed by atoms with van der Waals surface area (Å²) in [5, 5.41) is 5.48. The molecule has 5 nitrogen and oxygen atoms in total. The number of anilines is 2. The van der Waals surface area contributed by atoms with Gasteiger partial charge in [0.1, 0.15) is 11.6 Å². The number of hydrogen-bond acceptors (Lipinski definition) is 5. The Morgan fingerprint density at radius 2 is 1.86 bits per heavy atom. The van der Waals surface area contributed by atoms with Crippen LogP contribution in [0.1, 0.15) is 12.0 Å². The molecule has 0 aliphatic rings. The Hall–Kier alpha value is -1.54. The van der Waals surface area contributed by atoms with Gasteiger partial charge in [-0.25, -0.2) is 4.98 Å². The quantitative estimate of drug-likeness (QED) is 0.687. The maximum absolute atomic E-state index is 12.7. The molecule has 8 heteroatoms. The van der Waals surface area contributed by atoms with Crippen LogP contribution in [0.4, 0.5) is 24.8 Å². The average molecular weight is 307 g/mol. The number of ether oxygens (including phenoxy) is 2. The molecule has 0 fully saturated rings. The van der Waals surface area contributed by atoms with E-state index >= 15 is 0 Å². The van der Waals surface area contributed by atoms with Crippen molar-refractivity contribution in [1.29, 1.82) is 0 Å². The lowest BCUT2D eigenvalue weighted by Gasteiger charge is -2.12. The molecule has 0 aliphatic heterocycles. The number of alkyl halides is 3. The minimum atomic E-state index is -4.39. The van der Waals surface area contributed by atoms with Crippen LogP contribution in [-0.4, -0.2) is 45.5 Å². The zero-order valence-corrected chi connectivity index (χ0v) is 12.1. The van der Waals surface area contributed by atoms with Crippen molar-refractivity contribution in [2.45, 2.75) is 12.6 Å². The number of rotatable bonds is 9. The first-order valence-corrected chi connectivity index (χ1v) is 6.55. The van der Waals surface area contributed by atoms with E-state index in [0.29, 0.717) is 32.8 Å². The molecule has 0 spiro atoms. The smallest absolute Gasteiger partial charge is 0.382 e. The standard InChI is InChI=1S/C13H20F3N3O2/c1-17-11-8-10(13(14,15)16)9-12(19-11)18-4-3-5-21-7-6-20-2/h8-9H,3-7H2,1-2H3,(H2,17,18,19). The number of nitrogens with one attached hydrogen (secondary N) is 2. The van der Waals surface area contributed by atoms with Crippen molar-refractivity contribution in [3.63, 3.8) is 0 Å². The summed E-state index contributed by atoms with van der Waals surface area (Å²) < 4.78 is 48.3. The van der Waals surface area contributed by atoms with E-state index in [-0.39, 0.29) is 11.6 Å². The van der Waals surface area contributed by atoms with Crippen molar-refractivity contribution in [1.82, 2.24) is 4.98 Å². The molecular weight excluding hydrogens is 287 g/mol. The molecule has 21 heavy (non-hydrogen) atoms. The van der Waals surface area contributed by atoms with E-state index in [1.54, 1.807) is 7.11 Å². The average Bonchev–Trinajstić information content (AvgIpc) is 2.45. The van der Waals surface area contributed by atoms with Crippen LogP contribution in [0.3, 0.4) is 0 Å². The number of aromatic nitrogens is 1. The second kappa shape index (κ2) is 8.68. The molecule has 0 aliphatic carbocycles. The van der Waals surface area contributed by atoms with Crippen molar-refractivity contribution in [3.05, 3.63) is 17.7 Å². The van der Waals surface area contributed by atoms with E-state index in [0.717, 1.165) is 12.1 Å². The third-order valence-corrected chi connectivity index (χ3v) is 2.61. The van der Waals surface area contributed by atoms with E-state index in [9.17, 15) is 13.2 Å². The Labute approximate surface area is 121 Å². The van der Waals surface area contributed by atoms with Gasteiger partial charge in [-0.05, 0) is 18.6 Å². The van der Waals surface area contributed by atoms with Gasteiger partial charge in [0.15, 0.2) is 0 Å². The number of hydrogen-bond donors (Lipinski definition) is 2. The highest BCUT2D eigenvalue weighted by Gasteiger charge is 2.31. The molecule has 1 rings (SSSR count). The van der Waals surface area contributed by atoms with Gasteiger partial charge in [-0.2, -0.15) is 13.2 Å². The van der Waals surface area contributed by atoms with E-state index in [1.165, 1.54) is 7.05 Å². The van der Waals surface area contributed by atoms with Crippen LogP contribution < -0.4 is 10.6 Å². The maximum Gasteiger partial charge on any atom is 0.416 e. The molecule has 0 saturated carbocycles.